The van der Waals surface area contributed by atoms with Gasteiger partial charge in [0.1, 0.15) is 0 Å². The van der Waals surface area contributed by atoms with E-state index >= 15 is 0 Å². The quantitative estimate of drug-likeness (QED) is 0.883. The Kier molecular flexibility index (Phi) is 4.16. The van der Waals surface area contributed by atoms with Crippen LogP contribution in [0.4, 0.5) is 0 Å². The van der Waals surface area contributed by atoms with E-state index in [0.717, 1.165) is 31.2 Å². The zero-order chi connectivity index (χ0) is 11.4. The summed E-state index contributed by atoms with van der Waals surface area (Å²) in [7, 11) is 0. The van der Waals surface area contributed by atoms with Gasteiger partial charge in [0.25, 0.3) is 0 Å². The van der Waals surface area contributed by atoms with E-state index in [1.165, 1.54) is 0 Å². The van der Waals surface area contributed by atoms with Crippen molar-refractivity contribution in [2.75, 3.05) is 0 Å². The van der Waals surface area contributed by atoms with Crippen molar-refractivity contribution in [1.82, 2.24) is 4.98 Å². The van der Waals surface area contributed by atoms with Crippen LogP contribution in [-0.2, 0) is 11.3 Å². The van der Waals surface area contributed by atoms with Crippen LogP contribution in [0.25, 0.3) is 0 Å². The Morgan fingerprint density at radius 2 is 2.38 bits per heavy atom. The van der Waals surface area contributed by atoms with Gasteiger partial charge >= 0.3 is 0 Å². The lowest BCUT2D eigenvalue weighted by molar-refractivity contribution is 0.0123. The molecule has 2 N–H and O–H groups in total. The van der Waals surface area contributed by atoms with Crippen molar-refractivity contribution in [3.63, 3.8) is 0 Å². The summed E-state index contributed by atoms with van der Waals surface area (Å²) in [5.41, 5.74) is 6.90. The zero-order valence-electron chi connectivity index (χ0n) is 9.23. The highest BCUT2D eigenvalue weighted by atomic mass is 35.5. The van der Waals surface area contributed by atoms with Gasteiger partial charge in [0.05, 0.1) is 17.7 Å². The van der Waals surface area contributed by atoms with Crippen LogP contribution in [0, 0.1) is 0 Å². The van der Waals surface area contributed by atoms with Crippen molar-refractivity contribution < 1.29 is 4.74 Å². The van der Waals surface area contributed by atoms with Gasteiger partial charge in [0.2, 0.25) is 0 Å². The molecule has 88 valence electrons. The van der Waals surface area contributed by atoms with Crippen LogP contribution in [-0.4, -0.2) is 17.1 Å². The van der Waals surface area contributed by atoms with Gasteiger partial charge < -0.3 is 10.5 Å². The molecule has 1 aromatic heterocycles. The van der Waals surface area contributed by atoms with Crippen LogP contribution in [0.5, 0.6) is 0 Å². The van der Waals surface area contributed by atoms with E-state index in [0.29, 0.717) is 17.7 Å². The van der Waals surface area contributed by atoms with Crippen molar-refractivity contribution in [3.05, 3.63) is 29.0 Å². The Hall–Kier alpha value is -0.640. The molecule has 0 amide bonds. The summed E-state index contributed by atoms with van der Waals surface area (Å²) in [5.74, 6) is 0. The predicted octanol–water partition coefficient (Wildman–Crippen LogP) is 2.52. The van der Waals surface area contributed by atoms with Crippen LogP contribution in [0.3, 0.4) is 0 Å². The highest BCUT2D eigenvalue weighted by molar-refractivity contribution is 6.31. The lowest BCUT2D eigenvalue weighted by Crippen LogP contribution is -2.32. The summed E-state index contributed by atoms with van der Waals surface area (Å²) in [6.07, 6.45) is 8.02. The maximum atomic E-state index is 6.00. The third-order valence-corrected chi connectivity index (χ3v) is 3.34. The van der Waals surface area contributed by atoms with Crippen LogP contribution < -0.4 is 5.73 Å². The molecule has 16 heavy (non-hydrogen) atoms. The number of ether oxygens (including phenoxy) is 1. The van der Waals surface area contributed by atoms with Crippen molar-refractivity contribution >= 4 is 11.6 Å². The fraction of sp³-hybridized carbons (Fsp3) is 0.583. The second-order valence-corrected chi connectivity index (χ2v) is 4.73. The number of hydrogen-bond donors (Lipinski definition) is 1. The Morgan fingerprint density at radius 1 is 1.50 bits per heavy atom. The Balaban J connectivity index is 1.85. The van der Waals surface area contributed by atoms with Gasteiger partial charge in [0.15, 0.2) is 0 Å². The summed E-state index contributed by atoms with van der Waals surface area (Å²) in [6, 6.07) is 2.19. The topological polar surface area (TPSA) is 48.1 Å². The highest BCUT2D eigenvalue weighted by Gasteiger charge is 2.19. The first-order chi connectivity index (χ1) is 7.75. The molecule has 2 rings (SSSR count). The smallest absolute Gasteiger partial charge is 0.0736 e. The summed E-state index contributed by atoms with van der Waals surface area (Å²) in [6.45, 7) is 0.554. The fourth-order valence-corrected chi connectivity index (χ4v) is 2.24. The van der Waals surface area contributed by atoms with Gasteiger partial charge in [-0.15, -0.1) is 0 Å². The number of rotatable bonds is 3. The first-order valence-electron chi connectivity index (χ1n) is 5.71. The van der Waals surface area contributed by atoms with Crippen LogP contribution >= 0.6 is 11.6 Å². The first-order valence-corrected chi connectivity index (χ1v) is 6.09. The van der Waals surface area contributed by atoms with Gasteiger partial charge in [-0.05, 0) is 37.3 Å². The van der Waals surface area contributed by atoms with E-state index in [-0.39, 0.29) is 6.10 Å². The van der Waals surface area contributed by atoms with Crippen molar-refractivity contribution in [3.8, 4) is 0 Å². The van der Waals surface area contributed by atoms with Crippen LogP contribution in [0.1, 0.15) is 31.2 Å². The van der Waals surface area contributed by atoms with Crippen molar-refractivity contribution in [1.29, 1.82) is 0 Å². The van der Waals surface area contributed by atoms with Crippen molar-refractivity contribution in [2.24, 2.45) is 5.73 Å². The fourth-order valence-electron chi connectivity index (χ4n) is 2.06. The van der Waals surface area contributed by atoms with Crippen molar-refractivity contribution in [2.45, 2.75) is 44.4 Å². The maximum Gasteiger partial charge on any atom is 0.0736 e. The van der Waals surface area contributed by atoms with Crippen LogP contribution in [0.2, 0.25) is 5.02 Å². The molecule has 1 aliphatic rings. The predicted molar refractivity (Wildman–Crippen MR) is 64.3 cm³/mol. The molecule has 1 saturated carbocycles. The zero-order valence-corrected chi connectivity index (χ0v) is 9.99. The maximum absolute atomic E-state index is 6.00. The normalized spacial score (nSPS) is 25.6. The Morgan fingerprint density at radius 3 is 3.12 bits per heavy atom. The standard InChI is InChI=1S/C12H17ClN2O/c13-12-7-15-5-4-9(12)8-16-11-3-1-2-10(14)6-11/h4-5,7,10-11H,1-3,6,8,14H2. The average Bonchev–Trinajstić information content (AvgIpc) is 2.28. The number of pyridine rings is 1. The number of aromatic nitrogens is 1. The number of hydrogen-bond acceptors (Lipinski definition) is 3. The largest absolute Gasteiger partial charge is 0.373 e. The van der Waals surface area contributed by atoms with E-state index in [1.807, 2.05) is 6.07 Å². The van der Waals surface area contributed by atoms with Gasteiger partial charge in [-0.25, -0.2) is 0 Å². The minimum atomic E-state index is 0.285. The van der Waals surface area contributed by atoms with Gasteiger partial charge in [-0.3, -0.25) is 4.98 Å². The van der Waals surface area contributed by atoms with E-state index in [1.54, 1.807) is 12.4 Å². The van der Waals surface area contributed by atoms with Crippen LogP contribution in [0.15, 0.2) is 18.5 Å². The monoisotopic (exact) mass is 240 g/mol. The van der Waals surface area contributed by atoms with Gasteiger partial charge in [0, 0.05) is 18.4 Å². The van der Waals surface area contributed by atoms with E-state index in [4.69, 9.17) is 22.1 Å². The summed E-state index contributed by atoms with van der Waals surface area (Å²) >= 11 is 6.00. The molecule has 1 heterocycles. The Bertz CT molecular complexity index is 346. The SMILES string of the molecule is NC1CCCC(OCc2ccncc2Cl)C1. The lowest BCUT2D eigenvalue weighted by Gasteiger charge is -2.26. The molecule has 0 aliphatic heterocycles. The molecule has 0 bridgehead atoms. The molecule has 2 atom stereocenters. The summed E-state index contributed by atoms with van der Waals surface area (Å²) < 4.78 is 5.83. The van der Waals surface area contributed by atoms with E-state index in [9.17, 15) is 0 Å². The number of halogens is 1. The molecule has 0 aromatic carbocycles. The molecule has 0 saturated heterocycles. The molecule has 1 fully saturated rings. The second kappa shape index (κ2) is 5.62. The van der Waals surface area contributed by atoms with Gasteiger partial charge in [-0.2, -0.15) is 0 Å². The Labute approximate surface area is 101 Å². The van der Waals surface area contributed by atoms with Gasteiger partial charge in [-0.1, -0.05) is 11.6 Å². The minimum Gasteiger partial charge on any atom is -0.373 e. The molecular formula is C12H17ClN2O. The molecule has 0 spiro atoms. The van der Waals surface area contributed by atoms with E-state index < -0.39 is 0 Å². The second-order valence-electron chi connectivity index (χ2n) is 4.33. The minimum absolute atomic E-state index is 0.285. The molecule has 0 radical (unpaired) electrons. The third kappa shape index (κ3) is 3.17. The molecular weight excluding hydrogens is 224 g/mol. The molecule has 3 nitrogen and oxygen atoms in total. The molecule has 4 heteroatoms. The third-order valence-electron chi connectivity index (χ3n) is 3.00. The lowest BCUT2D eigenvalue weighted by atomic mass is 9.93. The highest BCUT2D eigenvalue weighted by Crippen LogP contribution is 2.22. The number of nitrogens with zero attached hydrogens (tertiary/aromatic N) is 1. The first kappa shape index (κ1) is 11.8. The summed E-state index contributed by atoms with van der Waals surface area (Å²) in [4.78, 5) is 3.94. The molecule has 1 aromatic rings. The molecule has 2 unspecified atom stereocenters. The average molecular weight is 241 g/mol. The van der Waals surface area contributed by atoms with E-state index in [2.05, 4.69) is 4.98 Å². The number of nitrogens with two attached hydrogens (primary N) is 1. The summed E-state index contributed by atoms with van der Waals surface area (Å²) in [5, 5.41) is 0.669. The molecule has 1 aliphatic carbocycles.